The maximum Gasteiger partial charge on any atom is 0.260 e. The van der Waals surface area contributed by atoms with Gasteiger partial charge >= 0.3 is 0 Å². The third-order valence-electron chi connectivity index (χ3n) is 6.60. The number of anilines is 1. The number of hydrogen-bond acceptors (Lipinski definition) is 6. The highest BCUT2D eigenvalue weighted by molar-refractivity contribution is 6.32. The van der Waals surface area contributed by atoms with Gasteiger partial charge in [0.05, 0.1) is 11.3 Å². The summed E-state index contributed by atoms with van der Waals surface area (Å²) < 4.78 is 19.7. The third kappa shape index (κ3) is 4.01. The zero-order valence-electron chi connectivity index (χ0n) is 19.2. The number of halogens is 1. The Balaban J connectivity index is 1.44. The van der Waals surface area contributed by atoms with E-state index in [9.17, 15) is 29.3 Å². The molecule has 2 amide bonds. The fourth-order valence-electron chi connectivity index (χ4n) is 4.75. The number of carbonyl (C=O) groups excluding carboxylic acids is 2. The monoisotopic (exact) mass is 480 g/mol. The standard InChI is InChI=1S/C26H25FN2O6/c1-26(2)17(10-21(35-26)22-16-8-7-15(27)9-18(16)28-24(22)33)13-3-5-14(6-4-13)25(34)29-11-19(30)23(32)20(31)12-29/h3-10,19-20,23,30-32H,11-12H2,1-2H3,(H,28,33)/t19-,20+,23?. The second-order valence-corrected chi connectivity index (χ2v) is 9.47. The Morgan fingerprint density at radius 3 is 2.40 bits per heavy atom. The van der Waals surface area contributed by atoms with Crippen LogP contribution in [-0.2, 0) is 9.53 Å². The van der Waals surface area contributed by atoms with E-state index in [4.69, 9.17) is 4.74 Å². The number of nitrogens with zero attached hydrogens (tertiary/aromatic N) is 1. The van der Waals surface area contributed by atoms with Crippen LogP contribution in [0.25, 0.3) is 11.1 Å². The minimum absolute atomic E-state index is 0.0742. The Bertz CT molecular complexity index is 1270. The van der Waals surface area contributed by atoms with Gasteiger partial charge in [-0.3, -0.25) is 9.59 Å². The highest BCUT2D eigenvalue weighted by Crippen LogP contribution is 2.44. The summed E-state index contributed by atoms with van der Waals surface area (Å²) in [5.41, 5.74) is 2.48. The topological polar surface area (TPSA) is 119 Å². The number of ether oxygens (including phenoxy) is 1. The van der Waals surface area contributed by atoms with Gasteiger partial charge in [-0.05, 0) is 55.8 Å². The molecule has 0 spiro atoms. The van der Waals surface area contributed by atoms with Gasteiger partial charge in [-0.1, -0.05) is 12.1 Å². The van der Waals surface area contributed by atoms with Gasteiger partial charge in [0.15, 0.2) is 0 Å². The molecule has 5 rings (SSSR count). The molecule has 8 nitrogen and oxygen atoms in total. The minimum Gasteiger partial charge on any atom is -0.482 e. The molecule has 0 aromatic heterocycles. The molecule has 2 aromatic carbocycles. The average molecular weight is 480 g/mol. The number of nitrogens with one attached hydrogen (secondary N) is 1. The molecule has 1 unspecified atom stereocenters. The predicted molar refractivity (Wildman–Crippen MR) is 125 cm³/mol. The second kappa shape index (κ2) is 8.30. The molecule has 3 heterocycles. The highest BCUT2D eigenvalue weighted by Gasteiger charge is 2.39. The third-order valence-corrected chi connectivity index (χ3v) is 6.60. The summed E-state index contributed by atoms with van der Waals surface area (Å²) in [6, 6.07) is 10.9. The number of hydrogen-bond donors (Lipinski definition) is 4. The van der Waals surface area contributed by atoms with Crippen molar-refractivity contribution >= 4 is 28.6 Å². The van der Waals surface area contributed by atoms with E-state index in [1.165, 1.54) is 17.0 Å². The molecule has 1 fully saturated rings. The van der Waals surface area contributed by atoms with Gasteiger partial charge in [0, 0.05) is 29.8 Å². The number of aliphatic hydroxyl groups excluding tert-OH is 3. The van der Waals surface area contributed by atoms with Crippen molar-refractivity contribution in [2.45, 2.75) is 37.8 Å². The molecule has 9 heteroatoms. The zero-order valence-corrected chi connectivity index (χ0v) is 19.2. The lowest BCUT2D eigenvalue weighted by atomic mass is 9.91. The van der Waals surface area contributed by atoms with Gasteiger partial charge in [0.2, 0.25) is 0 Å². The molecular weight excluding hydrogens is 455 g/mol. The van der Waals surface area contributed by atoms with E-state index in [1.807, 2.05) is 13.8 Å². The number of amides is 2. The first kappa shape index (κ1) is 23.2. The van der Waals surface area contributed by atoms with Crippen LogP contribution in [-0.4, -0.2) is 69.0 Å². The van der Waals surface area contributed by atoms with Gasteiger partial charge in [-0.2, -0.15) is 0 Å². The van der Waals surface area contributed by atoms with Crippen LogP contribution in [0, 0.1) is 5.82 Å². The lowest BCUT2D eigenvalue weighted by Gasteiger charge is -2.36. The molecular formula is C26H25FN2O6. The number of rotatable bonds is 2. The molecule has 35 heavy (non-hydrogen) atoms. The van der Waals surface area contributed by atoms with E-state index in [0.29, 0.717) is 28.1 Å². The number of likely N-dealkylation sites (tertiary alicyclic amines) is 1. The Morgan fingerprint density at radius 1 is 1.09 bits per heavy atom. The van der Waals surface area contributed by atoms with Gasteiger partial charge in [0.25, 0.3) is 11.8 Å². The molecule has 3 atom stereocenters. The van der Waals surface area contributed by atoms with E-state index >= 15 is 0 Å². The minimum atomic E-state index is -1.28. The van der Waals surface area contributed by atoms with Gasteiger partial charge < -0.3 is 30.3 Å². The maximum atomic E-state index is 13.6. The molecule has 3 aliphatic heterocycles. The van der Waals surface area contributed by atoms with Gasteiger partial charge in [0.1, 0.15) is 35.5 Å². The second-order valence-electron chi connectivity index (χ2n) is 9.47. The maximum absolute atomic E-state index is 13.6. The van der Waals surface area contributed by atoms with Crippen LogP contribution in [0.2, 0.25) is 0 Å². The SMILES string of the molecule is CC1(C)OC(=C2C(=O)Nc3cc(F)ccc32)C=C1c1ccc(C(=O)N2C[C@@H](O)C(O)[C@@H](O)C2)cc1. The molecule has 2 aromatic rings. The smallest absolute Gasteiger partial charge is 0.260 e. The summed E-state index contributed by atoms with van der Waals surface area (Å²) in [5, 5.41) is 32.2. The fourth-order valence-corrected chi connectivity index (χ4v) is 4.75. The number of fused-ring (bicyclic) bond motifs is 1. The van der Waals surface area contributed by atoms with E-state index in [1.54, 1.807) is 36.4 Å². The number of allylic oxidation sites excluding steroid dienone is 1. The molecule has 3 aliphatic rings. The summed E-state index contributed by atoms with van der Waals surface area (Å²) in [7, 11) is 0. The van der Waals surface area contributed by atoms with Crippen molar-refractivity contribution in [1.82, 2.24) is 4.90 Å². The molecule has 0 bridgehead atoms. The van der Waals surface area contributed by atoms with Crippen LogP contribution in [0.15, 0.2) is 54.3 Å². The summed E-state index contributed by atoms with van der Waals surface area (Å²) in [6.07, 6.45) is -1.94. The summed E-state index contributed by atoms with van der Waals surface area (Å²) in [6.45, 7) is 3.59. The van der Waals surface area contributed by atoms with Crippen molar-refractivity contribution < 1.29 is 34.0 Å². The molecule has 1 saturated heterocycles. The van der Waals surface area contributed by atoms with Crippen LogP contribution in [0.5, 0.6) is 0 Å². The fraction of sp³-hybridized carbons (Fsp3) is 0.308. The van der Waals surface area contributed by atoms with Gasteiger partial charge in [-0.15, -0.1) is 0 Å². The van der Waals surface area contributed by atoms with Crippen molar-refractivity contribution in [1.29, 1.82) is 0 Å². The highest BCUT2D eigenvalue weighted by atomic mass is 19.1. The number of aliphatic hydroxyl groups is 3. The van der Waals surface area contributed by atoms with Crippen LogP contribution in [0.3, 0.4) is 0 Å². The Kier molecular flexibility index (Phi) is 5.51. The Morgan fingerprint density at radius 2 is 1.74 bits per heavy atom. The van der Waals surface area contributed by atoms with E-state index in [2.05, 4.69) is 5.32 Å². The summed E-state index contributed by atoms with van der Waals surface area (Å²) in [4.78, 5) is 26.8. The summed E-state index contributed by atoms with van der Waals surface area (Å²) >= 11 is 0. The van der Waals surface area contributed by atoms with Gasteiger partial charge in [-0.25, -0.2) is 4.39 Å². The molecule has 182 valence electrons. The first-order valence-electron chi connectivity index (χ1n) is 11.3. The predicted octanol–water partition coefficient (Wildman–Crippen LogP) is 1.92. The number of piperidine rings is 1. The van der Waals surface area contributed by atoms with Crippen molar-refractivity contribution in [2.24, 2.45) is 0 Å². The average Bonchev–Trinajstić information content (AvgIpc) is 3.30. The lowest BCUT2D eigenvalue weighted by molar-refractivity contribution is -0.111. The van der Waals surface area contributed by atoms with E-state index in [-0.39, 0.29) is 24.9 Å². The normalized spacial score (nSPS) is 27.3. The van der Waals surface area contributed by atoms with Crippen LogP contribution in [0.1, 0.15) is 35.3 Å². The molecule has 0 radical (unpaired) electrons. The number of β-amino-alcohol motifs (C(OH)–C–C–N with tert-alkyl or cyclic N) is 2. The van der Waals surface area contributed by atoms with E-state index < -0.39 is 29.7 Å². The quantitative estimate of drug-likeness (QED) is 0.488. The summed E-state index contributed by atoms with van der Waals surface area (Å²) in [5.74, 6) is -0.806. The van der Waals surface area contributed by atoms with Crippen molar-refractivity contribution in [3.05, 3.63) is 76.8 Å². The molecule has 4 N–H and O–H groups in total. The van der Waals surface area contributed by atoms with Crippen molar-refractivity contribution in [2.75, 3.05) is 18.4 Å². The number of carbonyl (C=O) groups is 2. The van der Waals surface area contributed by atoms with E-state index in [0.717, 1.165) is 11.1 Å². The van der Waals surface area contributed by atoms with Crippen molar-refractivity contribution in [3.8, 4) is 0 Å². The molecule has 0 aliphatic carbocycles. The van der Waals surface area contributed by atoms with Crippen LogP contribution >= 0.6 is 0 Å². The Labute approximate surface area is 200 Å². The largest absolute Gasteiger partial charge is 0.482 e. The Hall–Kier alpha value is -3.53. The lowest BCUT2D eigenvalue weighted by Crippen LogP contribution is -2.56. The van der Waals surface area contributed by atoms with Crippen LogP contribution < -0.4 is 5.32 Å². The molecule has 0 saturated carbocycles. The van der Waals surface area contributed by atoms with Crippen LogP contribution in [0.4, 0.5) is 10.1 Å². The first-order valence-corrected chi connectivity index (χ1v) is 11.3. The van der Waals surface area contributed by atoms with Crippen molar-refractivity contribution in [3.63, 3.8) is 0 Å². The first-order chi connectivity index (χ1) is 16.5. The zero-order chi connectivity index (χ0) is 25.1. The number of benzene rings is 2.